The van der Waals surface area contributed by atoms with E-state index in [1.54, 1.807) is 20.8 Å². The van der Waals surface area contributed by atoms with Gasteiger partial charge in [0.1, 0.15) is 23.6 Å². The number of alkyl halides is 1. The number of ether oxygens (including phenoxy) is 2. The van der Waals surface area contributed by atoms with Crippen molar-refractivity contribution < 1.29 is 33.7 Å². The van der Waals surface area contributed by atoms with Crippen molar-refractivity contribution >= 4 is 33.3 Å². The number of hydrogen-bond acceptors (Lipinski definition) is 8. The van der Waals surface area contributed by atoms with Crippen molar-refractivity contribution in [1.29, 1.82) is 0 Å². The zero-order valence-corrected chi connectivity index (χ0v) is 23.0. The average Bonchev–Trinajstić information content (AvgIpc) is 3.29. The summed E-state index contributed by atoms with van der Waals surface area (Å²) in [6.07, 6.45) is -0.462. The molecule has 3 heterocycles. The molecule has 0 radical (unpaired) electrons. The van der Waals surface area contributed by atoms with Crippen molar-refractivity contribution in [2.45, 2.75) is 103 Å². The third-order valence-corrected chi connectivity index (χ3v) is 9.35. The minimum Gasteiger partial charge on any atom is -0.457 e. The lowest BCUT2D eigenvalue weighted by Crippen LogP contribution is -2.45. The van der Waals surface area contributed by atoms with E-state index in [0.717, 1.165) is 29.5 Å². The Kier molecular flexibility index (Phi) is 8.10. The van der Waals surface area contributed by atoms with Gasteiger partial charge in [0, 0.05) is 12.3 Å². The van der Waals surface area contributed by atoms with Crippen LogP contribution in [0.1, 0.15) is 83.4 Å². The highest BCUT2D eigenvalue weighted by Crippen LogP contribution is 2.47. The molecular formula is C28H38FNO6S. The number of cyclic esters (lactones) is 1. The van der Waals surface area contributed by atoms with Crippen LogP contribution >= 0.6 is 11.3 Å². The lowest BCUT2D eigenvalue weighted by Gasteiger charge is -2.34. The van der Waals surface area contributed by atoms with Crippen molar-refractivity contribution in [3.63, 3.8) is 0 Å². The molecule has 1 aromatic carbocycles. The van der Waals surface area contributed by atoms with Gasteiger partial charge in [-0.2, -0.15) is 0 Å². The molecule has 4 rings (SSSR count). The van der Waals surface area contributed by atoms with Crippen LogP contribution in [-0.4, -0.2) is 50.9 Å². The lowest BCUT2D eigenvalue weighted by molar-refractivity contribution is -0.156. The van der Waals surface area contributed by atoms with Crippen molar-refractivity contribution in [3.05, 3.63) is 28.8 Å². The summed E-state index contributed by atoms with van der Waals surface area (Å²) in [6.45, 7) is 8.22. The fourth-order valence-electron chi connectivity index (χ4n) is 5.47. The molecule has 0 bridgehead atoms. The topological polar surface area (TPSA) is 109 Å². The zero-order chi connectivity index (χ0) is 27.1. The smallest absolute Gasteiger partial charge is 0.309 e. The molecule has 2 aliphatic rings. The van der Waals surface area contributed by atoms with E-state index in [2.05, 4.69) is 4.98 Å². The van der Waals surface area contributed by atoms with Crippen molar-refractivity contribution in [3.8, 4) is 0 Å². The number of aliphatic hydroxyl groups excluding tert-OH is 2. The van der Waals surface area contributed by atoms with E-state index in [-0.39, 0.29) is 29.8 Å². The number of aromatic nitrogens is 1. The predicted octanol–water partition coefficient (Wildman–Crippen LogP) is 5.06. The lowest BCUT2D eigenvalue weighted by atomic mass is 9.73. The summed E-state index contributed by atoms with van der Waals surface area (Å²) >= 11 is 1.29. The van der Waals surface area contributed by atoms with Gasteiger partial charge in [0.05, 0.1) is 46.0 Å². The van der Waals surface area contributed by atoms with E-state index in [1.165, 1.54) is 11.3 Å². The highest BCUT2D eigenvalue weighted by Gasteiger charge is 2.53. The Balaban J connectivity index is 1.62. The summed E-state index contributed by atoms with van der Waals surface area (Å²) in [4.78, 5) is 30.6. The summed E-state index contributed by atoms with van der Waals surface area (Å²) in [5.41, 5.74) is -0.231. The van der Waals surface area contributed by atoms with Gasteiger partial charge in [-0.3, -0.25) is 9.59 Å². The zero-order valence-electron chi connectivity index (χ0n) is 22.2. The summed E-state index contributed by atoms with van der Waals surface area (Å²) in [6, 6.07) is 5.52. The number of nitrogens with zero attached hydrogens (tertiary/aromatic N) is 1. The van der Waals surface area contributed by atoms with Gasteiger partial charge >= 0.3 is 5.97 Å². The number of aliphatic hydroxyl groups is 2. The molecule has 0 aliphatic carbocycles. The van der Waals surface area contributed by atoms with Gasteiger partial charge in [0.15, 0.2) is 0 Å². The summed E-state index contributed by atoms with van der Waals surface area (Å²) in [5.74, 6) is -1.70. The van der Waals surface area contributed by atoms with E-state index < -0.39 is 42.3 Å². The Morgan fingerprint density at radius 3 is 2.62 bits per heavy atom. The number of carbonyl (C=O) groups is 2. The fraction of sp³-hybridized carbons (Fsp3) is 0.679. The summed E-state index contributed by atoms with van der Waals surface area (Å²) in [7, 11) is 0. The van der Waals surface area contributed by atoms with Crippen molar-refractivity contribution in [1.82, 2.24) is 4.98 Å². The van der Waals surface area contributed by atoms with Crippen LogP contribution in [0.4, 0.5) is 4.39 Å². The molecular weight excluding hydrogens is 497 g/mol. The highest BCUT2D eigenvalue weighted by atomic mass is 32.1. The van der Waals surface area contributed by atoms with Crippen LogP contribution in [0.5, 0.6) is 0 Å². The van der Waals surface area contributed by atoms with Gasteiger partial charge in [0.25, 0.3) is 0 Å². The van der Waals surface area contributed by atoms with Crippen molar-refractivity contribution in [2.24, 2.45) is 17.3 Å². The molecule has 7 nitrogen and oxygen atoms in total. The van der Waals surface area contributed by atoms with E-state index in [4.69, 9.17) is 9.47 Å². The molecule has 0 spiro atoms. The first-order valence-electron chi connectivity index (χ1n) is 13.1. The maximum absolute atomic E-state index is 13.3. The van der Waals surface area contributed by atoms with Crippen LogP contribution in [0.2, 0.25) is 0 Å². The minimum absolute atomic E-state index is 0.0997. The fourth-order valence-corrected chi connectivity index (χ4v) is 6.27. The number of Topliss-reactive ketones (excluding diaryl/α,β-unsaturated/α-hetero) is 1. The second kappa shape index (κ2) is 10.7. The first-order valence-corrected chi connectivity index (χ1v) is 13.9. The molecule has 2 saturated heterocycles. The third-order valence-electron chi connectivity index (χ3n) is 8.35. The van der Waals surface area contributed by atoms with E-state index >= 15 is 0 Å². The van der Waals surface area contributed by atoms with Gasteiger partial charge in [0.2, 0.25) is 0 Å². The van der Waals surface area contributed by atoms with Gasteiger partial charge in [-0.25, -0.2) is 9.37 Å². The Morgan fingerprint density at radius 2 is 1.92 bits per heavy atom. The van der Waals surface area contributed by atoms with Crippen LogP contribution in [0.3, 0.4) is 0 Å². The van der Waals surface area contributed by atoms with E-state index in [0.29, 0.717) is 16.9 Å². The highest BCUT2D eigenvalue weighted by molar-refractivity contribution is 7.18. The molecule has 2 N–H and O–H groups in total. The van der Waals surface area contributed by atoms with E-state index in [9.17, 15) is 24.2 Å². The molecule has 9 heteroatoms. The molecule has 2 aliphatic heterocycles. The Bertz CT molecular complexity index is 1150. The number of benzene rings is 1. The number of rotatable bonds is 2. The number of carbonyl (C=O) groups excluding carboxylic acids is 2. The van der Waals surface area contributed by atoms with Crippen molar-refractivity contribution in [2.75, 3.05) is 0 Å². The SMILES string of the molecule is CC1CCC[C@@]2(C)O[C@H]2C[C@@H](c2ccc3sc(CF)nc3c2)OC(=O)CC(O)C(C)(C)C(=O)C(C)[C@H]1O. The molecule has 2 aromatic rings. The molecule has 37 heavy (non-hydrogen) atoms. The summed E-state index contributed by atoms with van der Waals surface area (Å²) in [5, 5.41) is 22.1. The molecule has 0 saturated carbocycles. The van der Waals surface area contributed by atoms with Gasteiger partial charge in [-0.05, 0) is 43.4 Å². The third kappa shape index (κ3) is 5.90. The molecule has 204 valence electrons. The molecule has 1 aromatic heterocycles. The predicted molar refractivity (Wildman–Crippen MR) is 139 cm³/mol. The first-order chi connectivity index (χ1) is 17.4. The number of hydrogen-bond donors (Lipinski definition) is 2. The molecule has 2 fully saturated rings. The minimum atomic E-state index is -1.28. The Morgan fingerprint density at radius 1 is 1.19 bits per heavy atom. The number of epoxide rings is 1. The number of thiazole rings is 1. The number of fused-ring (bicyclic) bond motifs is 2. The van der Waals surface area contributed by atoms with Crippen LogP contribution in [0.15, 0.2) is 18.2 Å². The number of esters is 1. The Labute approximate surface area is 221 Å². The summed E-state index contributed by atoms with van der Waals surface area (Å²) < 4.78 is 25.9. The largest absolute Gasteiger partial charge is 0.457 e. The van der Waals surface area contributed by atoms with Crippen LogP contribution in [0, 0.1) is 17.3 Å². The van der Waals surface area contributed by atoms with Crippen LogP contribution in [-0.2, 0) is 25.7 Å². The van der Waals surface area contributed by atoms with Gasteiger partial charge in [-0.1, -0.05) is 40.2 Å². The van der Waals surface area contributed by atoms with Crippen LogP contribution < -0.4 is 0 Å². The van der Waals surface area contributed by atoms with Gasteiger partial charge < -0.3 is 19.7 Å². The average molecular weight is 536 g/mol. The second-order valence-corrected chi connectivity index (χ2v) is 12.7. The number of ketones is 1. The maximum Gasteiger partial charge on any atom is 0.309 e. The second-order valence-electron chi connectivity index (χ2n) is 11.6. The quantitative estimate of drug-likeness (QED) is 0.409. The maximum atomic E-state index is 13.3. The normalized spacial score (nSPS) is 35.7. The molecule has 0 amide bonds. The standard InChI is InChI=1S/C28H38FNO6S/c1-15-7-6-10-28(5)22(36-28)12-19(17-8-9-20-18(11-17)30-23(14-29)37-20)35-24(32)13-21(31)27(3,4)26(34)16(2)25(15)33/h8-9,11,15-16,19,21-22,25,31,33H,6-7,10,12-14H2,1-5H3/t15?,16?,19-,21?,22-,25-,28+/m0/s1. The molecule has 3 unspecified atom stereocenters. The number of halogens is 1. The monoisotopic (exact) mass is 535 g/mol. The van der Waals surface area contributed by atoms with E-state index in [1.807, 2.05) is 32.0 Å². The van der Waals surface area contributed by atoms with Gasteiger partial charge in [-0.15, -0.1) is 11.3 Å². The first kappa shape index (κ1) is 28.1. The van der Waals surface area contributed by atoms with Crippen LogP contribution in [0.25, 0.3) is 10.2 Å². The molecule has 7 atom stereocenters. The Hall–Kier alpha value is -1.94.